The minimum Gasteiger partial charge on any atom is -0.457 e. The fraction of sp³-hybridized carbons (Fsp3) is 0.155. The van der Waals surface area contributed by atoms with Crippen LogP contribution in [0.3, 0.4) is 0 Å². The van der Waals surface area contributed by atoms with Gasteiger partial charge in [-0.2, -0.15) is 31.4 Å². The van der Waals surface area contributed by atoms with Crippen molar-refractivity contribution < 1.29 is 109 Å². The Morgan fingerprint density at radius 1 is 0.473 bits per heavy atom. The fourth-order valence-corrected chi connectivity index (χ4v) is 17.7. The van der Waals surface area contributed by atoms with Crippen LogP contribution in [0.1, 0.15) is 127 Å². The van der Waals surface area contributed by atoms with Gasteiger partial charge in [-0.15, -0.1) is 0 Å². The first-order valence-electron chi connectivity index (χ1n) is 45.0. The van der Waals surface area contributed by atoms with E-state index in [9.17, 15) is 89.5 Å². The highest BCUT2D eigenvalue weighted by Crippen LogP contribution is 2.41. The van der Waals surface area contributed by atoms with E-state index >= 15 is 4.39 Å². The largest absolute Gasteiger partial charge is 0.457 e. The predicted molar refractivity (Wildman–Crippen MR) is 547 cm³/mol. The maximum atomic E-state index is 15.1. The Morgan fingerprint density at radius 3 is 1.51 bits per heavy atom. The number of halogens is 14. The molecule has 0 aliphatic heterocycles. The Balaban J connectivity index is 0.000000157. The van der Waals surface area contributed by atoms with Gasteiger partial charge in [-0.1, -0.05) is 97.1 Å². The van der Waals surface area contributed by atoms with Crippen molar-refractivity contribution in [2.75, 3.05) is 56.3 Å². The van der Waals surface area contributed by atoms with E-state index in [1.54, 1.807) is 93.1 Å². The van der Waals surface area contributed by atoms with Crippen molar-refractivity contribution in [3.8, 4) is 56.5 Å². The number of nitrogens with one attached hydrogen (secondary N) is 10. The number of ketones is 2. The molecule has 776 valence electrons. The zero-order chi connectivity index (χ0) is 108. The van der Waals surface area contributed by atoms with Gasteiger partial charge in [0.05, 0.1) is 66.6 Å². The maximum absolute atomic E-state index is 15.1. The zero-order valence-electron chi connectivity index (χ0n) is 79.4. The molecule has 8 aromatic carbocycles. The zero-order valence-corrected chi connectivity index (χ0v) is 83.3. The van der Waals surface area contributed by atoms with Gasteiger partial charge >= 0.3 is 24.4 Å². The van der Waals surface area contributed by atoms with E-state index in [0.717, 1.165) is 114 Å². The molecule has 0 unspecified atom stereocenters. The third kappa shape index (κ3) is 28.2. The third-order valence-electron chi connectivity index (χ3n) is 21.9. The number of fused-ring (bicyclic) bond motifs is 3. The first kappa shape index (κ1) is 111. The van der Waals surface area contributed by atoms with Crippen LogP contribution in [0.15, 0.2) is 255 Å². The summed E-state index contributed by atoms with van der Waals surface area (Å²) in [4.78, 5) is 99.3. The predicted octanol–water partition coefficient (Wildman–Crippen LogP) is 24.5. The number of pyridine rings is 5. The molecule has 0 saturated carbocycles. The van der Waals surface area contributed by atoms with Crippen LogP contribution in [0.4, 0.5) is 92.0 Å². The van der Waals surface area contributed by atoms with E-state index in [0.29, 0.717) is 62.7 Å². The number of oxime groups is 1. The summed E-state index contributed by atoms with van der Waals surface area (Å²) in [7, 11) is -4.72. The topological polar surface area (TPSA) is 432 Å². The van der Waals surface area contributed by atoms with Crippen molar-refractivity contribution in [1.29, 1.82) is 0 Å². The van der Waals surface area contributed by atoms with Gasteiger partial charge in [-0.25, -0.2) is 58.3 Å². The monoisotopic (exact) mass is 2160 g/mol. The molecule has 11 N–H and O–H groups in total. The summed E-state index contributed by atoms with van der Waals surface area (Å²) in [6.45, 7) is 7.64. The second kappa shape index (κ2) is 48.7. The molecule has 0 saturated heterocycles. The number of anilines is 6. The lowest BCUT2D eigenvalue weighted by Gasteiger charge is -2.14. The summed E-state index contributed by atoms with van der Waals surface area (Å²) in [5.41, 5.74) is 5.13. The fourth-order valence-electron chi connectivity index (χ4n) is 14.9. The van der Waals surface area contributed by atoms with Crippen LogP contribution in [0.25, 0.3) is 55.6 Å². The number of ether oxygens (including phenoxy) is 2. The number of aromatic amines is 2. The molecule has 31 nitrogen and oxygen atoms in total. The number of carbonyl (C=O) groups excluding carboxylic acids is 6. The Labute approximate surface area is 863 Å². The highest BCUT2D eigenvalue weighted by atomic mass is 35.5. The van der Waals surface area contributed by atoms with Gasteiger partial charge < -0.3 is 56.5 Å². The van der Waals surface area contributed by atoms with E-state index in [2.05, 4.69) is 108 Å². The van der Waals surface area contributed by atoms with Gasteiger partial charge in [-0.05, 0) is 201 Å². The summed E-state index contributed by atoms with van der Waals surface area (Å²) >= 11 is 17.4. The summed E-state index contributed by atoms with van der Waals surface area (Å²) in [6, 6.07) is 44.4. The number of sulfonamides is 2. The number of amides is 6. The number of H-pyrrole nitrogens is 2. The molecule has 47 heteroatoms. The molecule has 0 fully saturated rings. The molecular formula is C103H86Cl3F11N18O13S2. The highest BCUT2D eigenvalue weighted by Gasteiger charge is 2.36. The average molecular weight is 2160 g/mol. The van der Waals surface area contributed by atoms with E-state index < -0.39 is 130 Å². The molecule has 16 aromatic rings. The summed E-state index contributed by atoms with van der Waals surface area (Å²) in [6.07, 6.45) is 8.19. The summed E-state index contributed by atoms with van der Waals surface area (Å²) in [5.74, 6) is -7.65. The molecule has 17 rings (SSSR count). The molecule has 8 aromatic heterocycles. The van der Waals surface area contributed by atoms with Gasteiger partial charge in [0.15, 0.2) is 11.6 Å². The van der Waals surface area contributed by atoms with E-state index in [4.69, 9.17) is 54.6 Å². The maximum Gasteiger partial charge on any atom is 0.417 e. The summed E-state index contributed by atoms with van der Waals surface area (Å²) in [5, 5.41) is 32.5. The second-order valence-electron chi connectivity index (χ2n) is 32.6. The molecule has 0 radical (unpaired) electrons. The molecule has 0 spiro atoms. The standard InChI is InChI=1S/C23H18ClF2N3O3S.C22H18F4N4O3.C21H16ClF3N4O3.C20H20N4O.C17H14ClF2N3O3S/c1-2-9-33(31,32)29-19-8-7-18(25)20(21(19)26)22(30)17-12-28-23-16(17)10-14(11-27-23)13-3-5-15(24)6-4-13;1-12-3-4-13(9-16(12)22(24,25)26)29-21(32)30-18-6-5-14(10-17(18)23)33-15-7-8-28-19(11-15)20(31)27-2;1-26-19(30)18-11-15(8-9-27-18)32-14-5-2-12(3-6-14)28-20(31)29-13-4-7-17(22)16(10-13)21(23,24)25;1-2-11-24-13-18(20(22-24)14-7-9-21-10-8-14)16-3-5-17-15(12-16)4-6-19(17)23-25;1-2-5-27(25,26)23-13-4-3-12(19)14(15(13)20)16(24)11-8-22-17-10(11)6-9(18)7-21-17/h3-8,10-12,29H,2,9H2,1H3,(H,27,28);3-11H,1-2H3,(H,27,31)(H2,29,30,32);2-11H,1H3,(H,26,30)(H2,28,29,31);3,5,7-10,12-13,25H,2,4,6,11H2,1H3;3-4,6-8,23H,2,5H2,1H3,(H,21,22)/b;;;23-19+;. The van der Waals surface area contributed by atoms with Crippen molar-refractivity contribution in [2.24, 2.45) is 5.16 Å². The second-order valence-corrected chi connectivity index (χ2v) is 37.6. The SMILES string of the molecule is CCCS(=O)(=O)Nc1ccc(F)c(C(=O)c2c[nH]c3ncc(-c4ccc(Cl)cc4)cc23)c1F.CCCS(=O)(=O)Nc1ccc(F)c(C(=O)c2c[nH]c3ncc(Cl)cc23)c1F.CCCn1cc(-c2ccc3c(c2)CC/C3=N\O)c(-c2ccncc2)n1.CNC(=O)c1cc(Oc2ccc(NC(=O)Nc3ccc(C)c(C(F)(F)F)c3)c(F)c2)ccn1.CNC(=O)c1cc(Oc2ccc(NC(=O)Nc3ccc(Cl)c(C(F)(F)F)c3)cc2)ccn1. The van der Waals surface area contributed by atoms with Crippen LogP contribution in [0, 0.1) is 36.0 Å². The molecule has 150 heavy (non-hydrogen) atoms. The Bertz CT molecular complexity index is 8040. The number of alkyl halides is 6. The lowest BCUT2D eigenvalue weighted by Crippen LogP contribution is -2.20. The van der Waals surface area contributed by atoms with E-state index in [1.165, 1.54) is 112 Å². The van der Waals surface area contributed by atoms with Gasteiger partial charge in [0, 0.05) is 161 Å². The van der Waals surface area contributed by atoms with Crippen molar-refractivity contribution in [2.45, 2.75) is 78.7 Å². The number of carbonyl (C=O) groups is 6. The molecular weight excluding hydrogens is 2080 g/mol. The lowest BCUT2D eigenvalue weighted by atomic mass is 9.98. The number of hydrogen-bond acceptors (Lipinski definition) is 20. The number of urea groups is 2. The first-order chi connectivity index (χ1) is 71.4. The summed E-state index contributed by atoms with van der Waals surface area (Å²) < 4.78 is 216. The van der Waals surface area contributed by atoms with Crippen molar-refractivity contribution >= 4 is 152 Å². The van der Waals surface area contributed by atoms with Crippen LogP contribution in [-0.4, -0.2) is 133 Å². The van der Waals surface area contributed by atoms with Gasteiger partial charge in [-0.3, -0.25) is 48.3 Å². The van der Waals surface area contributed by atoms with Crippen LogP contribution >= 0.6 is 34.8 Å². The first-order valence-corrected chi connectivity index (χ1v) is 49.5. The van der Waals surface area contributed by atoms with Crippen LogP contribution < -0.4 is 50.8 Å². The van der Waals surface area contributed by atoms with E-state index in [1.807, 2.05) is 21.5 Å². The Morgan fingerprint density at radius 2 is 0.973 bits per heavy atom. The molecule has 1 aliphatic carbocycles. The van der Waals surface area contributed by atoms with Gasteiger partial charge in [0.25, 0.3) is 11.8 Å². The number of aryl methyl sites for hydroxylation is 3. The molecule has 1 aliphatic rings. The van der Waals surface area contributed by atoms with Crippen molar-refractivity contribution in [3.05, 3.63) is 356 Å². The number of benzene rings is 8. The number of hydrogen-bond donors (Lipinski definition) is 11. The Kier molecular flexibility index (Phi) is 35.9. The van der Waals surface area contributed by atoms with Gasteiger partial charge in [0.1, 0.15) is 68.8 Å². The highest BCUT2D eigenvalue weighted by molar-refractivity contribution is 7.93. The number of rotatable bonds is 27. The molecule has 0 bridgehead atoms. The minimum absolute atomic E-state index is 0.000297. The lowest BCUT2D eigenvalue weighted by molar-refractivity contribution is -0.138. The minimum atomic E-state index is -4.64. The molecule has 6 amide bonds. The van der Waals surface area contributed by atoms with Crippen LogP contribution in [0.5, 0.6) is 23.0 Å². The van der Waals surface area contributed by atoms with E-state index in [-0.39, 0.29) is 79.1 Å². The van der Waals surface area contributed by atoms with Gasteiger partial charge in [0.2, 0.25) is 31.6 Å². The van der Waals surface area contributed by atoms with Crippen molar-refractivity contribution in [1.82, 2.24) is 55.3 Å². The molecule has 8 heterocycles. The third-order valence-corrected chi connectivity index (χ3v) is 25.7. The number of aromatic nitrogens is 9. The molecule has 0 atom stereocenters. The average Bonchev–Trinajstić information content (AvgIpc) is 1.61. The van der Waals surface area contributed by atoms with Crippen LogP contribution in [0.2, 0.25) is 15.1 Å². The quantitative estimate of drug-likeness (QED) is 0.00986. The normalized spacial score (nSPS) is 11.9. The Hall–Kier alpha value is -16.7. The van der Waals surface area contributed by atoms with Crippen molar-refractivity contribution in [3.63, 3.8) is 0 Å². The van der Waals surface area contributed by atoms with Crippen LogP contribution in [-0.2, 0) is 45.4 Å². The smallest absolute Gasteiger partial charge is 0.417 e. The number of nitrogens with zero attached hydrogens (tertiary/aromatic N) is 8.